The lowest BCUT2D eigenvalue weighted by Crippen LogP contribution is -2.28. The summed E-state index contributed by atoms with van der Waals surface area (Å²) in [6.07, 6.45) is 1.84. The molecule has 1 heterocycles. The first-order valence-corrected chi connectivity index (χ1v) is 13.4. The van der Waals surface area contributed by atoms with Crippen LogP contribution in [0, 0.1) is 11.3 Å². The maximum absolute atomic E-state index is 13.1. The Morgan fingerprint density at radius 2 is 1.81 bits per heavy atom. The van der Waals surface area contributed by atoms with Gasteiger partial charge in [-0.25, -0.2) is 4.99 Å². The van der Waals surface area contributed by atoms with Crippen LogP contribution in [0.4, 0.5) is 5.69 Å². The first-order chi connectivity index (χ1) is 17.4. The van der Waals surface area contributed by atoms with Gasteiger partial charge in [0.1, 0.15) is 18.1 Å². The quantitative estimate of drug-likeness (QED) is 0.257. The normalized spacial score (nSPS) is 15.4. The average molecular weight is 627 g/mol. The van der Waals surface area contributed by atoms with Crippen molar-refractivity contribution in [1.82, 2.24) is 4.90 Å². The van der Waals surface area contributed by atoms with Crippen molar-refractivity contribution in [3.05, 3.63) is 91.2 Å². The number of thioether (sulfide) groups is 1. The van der Waals surface area contributed by atoms with Crippen molar-refractivity contribution in [2.75, 3.05) is 13.7 Å². The van der Waals surface area contributed by atoms with Crippen LogP contribution in [0.25, 0.3) is 6.08 Å². The molecule has 1 fully saturated rings. The smallest absolute Gasteiger partial charge is 0.266 e. The zero-order valence-electron chi connectivity index (χ0n) is 19.5. The topological polar surface area (TPSA) is 74.9 Å². The van der Waals surface area contributed by atoms with Crippen molar-refractivity contribution < 1.29 is 14.3 Å². The molecule has 0 radical (unpaired) electrons. The maximum atomic E-state index is 13.1. The minimum absolute atomic E-state index is 0.0876. The fraction of sp³-hybridized carbons (Fsp3) is 0.148. The molecule has 1 aliphatic rings. The largest absolute Gasteiger partial charge is 0.497 e. The first-order valence-electron chi connectivity index (χ1n) is 11.0. The Balaban J connectivity index is 1.56. The molecule has 9 heteroatoms. The molecular weight excluding hydrogens is 606 g/mol. The van der Waals surface area contributed by atoms with Crippen LogP contribution in [0.15, 0.2) is 79.5 Å². The molecule has 0 unspecified atom stereocenters. The number of likely N-dealkylation sites (N-methyl/N-ethyl adjacent to an activating group) is 1. The number of hydrogen-bond acceptors (Lipinski definition) is 6. The van der Waals surface area contributed by atoms with Crippen LogP contribution in [0.2, 0.25) is 0 Å². The number of amides is 1. The van der Waals surface area contributed by atoms with Crippen LogP contribution >= 0.6 is 43.6 Å². The van der Waals surface area contributed by atoms with Crippen molar-refractivity contribution in [3.8, 4) is 17.6 Å². The van der Waals surface area contributed by atoms with Crippen LogP contribution in [0.5, 0.6) is 11.5 Å². The number of halogens is 2. The van der Waals surface area contributed by atoms with Gasteiger partial charge in [-0.3, -0.25) is 9.69 Å². The monoisotopic (exact) mass is 625 g/mol. The maximum Gasteiger partial charge on any atom is 0.266 e. The van der Waals surface area contributed by atoms with Gasteiger partial charge in [0.05, 0.1) is 38.3 Å². The summed E-state index contributed by atoms with van der Waals surface area (Å²) in [7, 11) is 1.62. The molecule has 4 rings (SSSR count). The Hall–Kier alpha value is -3.06. The van der Waals surface area contributed by atoms with Crippen LogP contribution in [0.3, 0.4) is 0 Å². The highest BCUT2D eigenvalue weighted by atomic mass is 79.9. The summed E-state index contributed by atoms with van der Waals surface area (Å²) in [5.41, 5.74) is 2.96. The van der Waals surface area contributed by atoms with E-state index in [4.69, 9.17) is 9.47 Å². The van der Waals surface area contributed by atoms with Gasteiger partial charge in [-0.1, -0.05) is 18.2 Å². The number of methoxy groups -OCH3 is 1. The number of carbonyl (C=O) groups excluding carboxylic acids is 1. The summed E-state index contributed by atoms with van der Waals surface area (Å²) in [5.74, 6) is 1.28. The highest BCUT2D eigenvalue weighted by Gasteiger charge is 2.32. The molecule has 3 aromatic carbocycles. The second-order valence-electron chi connectivity index (χ2n) is 7.62. The standard InChI is InChI=1S/C27H21Br2N3O3S/c1-3-32-26(33)24(36-27(32)31-20-8-10-21(34-2)11-9-20)14-17-12-22(28)25(23(29)13-17)35-16-19-7-5-4-6-18(19)15-30/h4-14H,3,16H2,1-2H3/b24-14+,31-27?. The van der Waals surface area contributed by atoms with E-state index in [1.807, 2.05) is 67.6 Å². The van der Waals surface area contributed by atoms with Crippen LogP contribution in [-0.2, 0) is 11.4 Å². The third-order valence-electron chi connectivity index (χ3n) is 5.33. The average Bonchev–Trinajstić information content (AvgIpc) is 3.17. The second kappa shape index (κ2) is 11.8. The van der Waals surface area contributed by atoms with Crippen molar-refractivity contribution >= 4 is 66.5 Å². The van der Waals surface area contributed by atoms with Gasteiger partial charge in [-0.15, -0.1) is 0 Å². The predicted molar refractivity (Wildman–Crippen MR) is 150 cm³/mol. The van der Waals surface area contributed by atoms with Gasteiger partial charge < -0.3 is 9.47 Å². The number of amidine groups is 1. The predicted octanol–water partition coefficient (Wildman–Crippen LogP) is 7.29. The summed E-state index contributed by atoms with van der Waals surface area (Å²) < 4.78 is 12.7. The number of ether oxygens (including phenoxy) is 2. The van der Waals surface area contributed by atoms with Gasteiger partial charge in [0, 0.05) is 12.1 Å². The molecule has 6 nitrogen and oxygen atoms in total. The van der Waals surface area contributed by atoms with E-state index < -0.39 is 0 Å². The number of nitrogens with zero attached hydrogens (tertiary/aromatic N) is 3. The number of aliphatic imine (C=N–C) groups is 1. The minimum atomic E-state index is -0.0876. The molecule has 0 atom stereocenters. The van der Waals surface area contributed by atoms with E-state index in [9.17, 15) is 10.1 Å². The molecule has 0 saturated carbocycles. The fourth-order valence-corrected chi connectivity index (χ4v) is 6.01. The number of nitriles is 1. The van der Waals surface area contributed by atoms with Gasteiger partial charge in [0.15, 0.2) is 5.17 Å². The number of hydrogen-bond donors (Lipinski definition) is 0. The Kier molecular flexibility index (Phi) is 8.52. The molecule has 1 saturated heterocycles. The number of benzene rings is 3. The van der Waals surface area contributed by atoms with E-state index >= 15 is 0 Å². The highest BCUT2D eigenvalue weighted by Crippen LogP contribution is 2.38. The van der Waals surface area contributed by atoms with E-state index in [1.54, 1.807) is 18.1 Å². The minimum Gasteiger partial charge on any atom is -0.497 e. The van der Waals surface area contributed by atoms with Gasteiger partial charge in [0.2, 0.25) is 0 Å². The molecule has 182 valence electrons. The van der Waals surface area contributed by atoms with Gasteiger partial charge in [-0.2, -0.15) is 5.26 Å². The lowest BCUT2D eigenvalue weighted by molar-refractivity contribution is -0.122. The Morgan fingerprint density at radius 1 is 1.11 bits per heavy atom. The van der Waals surface area contributed by atoms with E-state index in [-0.39, 0.29) is 12.5 Å². The van der Waals surface area contributed by atoms with E-state index in [0.29, 0.717) is 27.9 Å². The van der Waals surface area contributed by atoms with Crippen LogP contribution < -0.4 is 9.47 Å². The lowest BCUT2D eigenvalue weighted by atomic mass is 10.1. The molecule has 1 aliphatic heterocycles. The van der Waals surface area contributed by atoms with Crippen molar-refractivity contribution in [2.24, 2.45) is 4.99 Å². The molecular formula is C27H21Br2N3O3S. The summed E-state index contributed by atoms with van der Waals surface area (Å²) in [6.45, 7) is 2.70. The molecule has 36 heavy (non-hydrogen) atoms. The van der Waals surface area contributed by atoms with Gasteiger partial charge >= 0.3 is 0 Å². The zero-order valence-corrected chi connectivity index (χ0v) is 23.5. The highest BCUT2D eigenvalue weighted by molar-refractivity contribution is 9.11. The molecule has 0 spiro atoms. The van der Waals surface area contributed by atoms with Crippen molar-refractivity contribution in [1.29, 1.82) is 5.26 Å². The van der Waals surface area contributed by atoms with Crippen LogP contribution in [-0.4, -0.2) is 29.6 Å². The van der Waals surface area contributed by atoms with Crippen LogP contribution in [0.1, 0.15) is 23.6 Å². The summed E-state index contributed by atoms with van der Waals surface area (Å²) in [5, 5.41) is 9.93. The molecule has 0 bridgehead atoms. The molecule has 3 aromatic rings. The summed E-state index contributed by atoms with van der Waals surface area (Å²) in [4.78, 5) is 20.0. The molecule has 0 aromatic heterocycles. The Bertz CT molecular complexity index is 1380. The Morgan fingerprint density at radius 3 is 2.44 bits per heavy atom. The third-order valence-corrected chi connectivity index (χ3v) is 7.51. The number of carbonyl (C=O) groups is 1. The van der Waals surface area contributed by atoms with Gasteiger partial charge in [-0.05, 0) is 105 Å². The third kappa shape index (κ3) is 5.84. The summed E-state index contributed by atoms with van der Waals surface area (Å²) in [6, 6.07) is 20.7. The van der Waals surface area contributed by atoms with Gasteiger partial charge in [0.25, 0.3) is 5.91 Å². The fourth-order valence-electron chi connectivity index (χ4n) is 3.49. The first kappa shape index (κ1) is 26.0. The van der Waals surface area contributed by atoms with E-state index in [0.717, 1.165) is 31.5 Å². The second-order valence-corrected chi connectivity index (χ2v) is 10.3. The van der Waals surface area contributed by atoms with E-state index in [1.165, 1.54) is 11.8 Å². The van der Waals surface area contributed by atoms with Crippen molar-refractivity contribution in [3.63, 3.8) is 0 Å². The van der Waals surface area contributed by atoms with Crippen molar-refractivity contribution in [2.45, 2.75) is 13.5 Å². The molecule has 0 aliphatic carbocycles. The van der Waals surface area contributed by atoms with E-state index in [2.05, 4.69) is 42.9 Å². The molecule has 0 N–H and O–H groups in total. The number of rotatable bonds is 7. The zero-order chi connectivity index (χ0) is 25.7. The Labute approximate surface area is 230 Å². The molecule has 1 amide bonds. The summed E-state index contributed by atoms with van der Waals surface area (Å²) >= 11 is 8.50. The SMILES string of the molecule is CCN1C(=O)/C(=C\c2cc(Br)c(OCc3ccccc3C#N)c(Br)c2)SC1=Nc1ccc(OC)cc1. The lowest BCUT2D eigenvalue weighted by Gasteiger charge is -2.12.